The number of nitro benzene ring substituents is 1. The Morgan fingerprint density at radius 1 is 1.30 bits per heavy atom. The molecule has 2 rings (SSSR count). The van der Waals surface area contributed by atoms with E-state index in [1.807, 2.05) is 24.5 Å². The number of aryl methyl sites for hydroxylation is 1. The van der Waals surface area contributed by atoms with Gasteiger partial charge in [0, 0.05) is 24.1 Å². The fourth-order valence-electron chi connectivity index (χ4n) is 2.10. The molecule has 1 aromatic carbocycles. The molecule has 0 bridgehead atoms. The van der Waals surface area contributed by atoms with Gasteiger partial charge in [0.25, 0.3) is 0 Å². The molecule has 1 aromatic heterocycles. The van der Waals surface area contributed by atoms with Crippen molar-refractivity contribution in [3.05, 3.63) is 52.8 Å². The molecular weight excluding hydrogens is 256 g/mol. The number of methoxy groups -OCH3 is 1. The number of pyridine rings is 1. The fraction of sp³-hybridized carbons (Fsp3) is 0.267. The van der Waals surface area contributed by atoms with Crippen LogP contribution in [0.15, 0.2) is 42.7 Å². The van der Waals surface area contributed by atoms with Crippen LogP contribution in [0.3, 0.4) is 0 Å². The first kappa shape index (κ1) is 14.0. The highest BCUT2D eigenvalue weighted by Gasteiger charge is 2.16. The highest BCUT2D eigenvalue weighted by molar-refractivity contribution is 5.67. The van der Waals surface area contributed by atoms with Gasteiger partial charge in [-0.25, -0.2) is 4.57 Å². The van der Waals surface area contributed by atoms with Crippen molar-refractivity contribution in [2.45, 2.75) is 19.9 Å². The van der Waals surface area contributed by atoms with E-state index >= 15 is 0 Å². The summed E-state index contributed by atoms with van der Waals surface area (Å²) in [5.74, 6) is 0.276. The topological polar surface area (TPSA) is 56.2 Å². The smallest absolute Gasteiger partial charge is 0.310 e. The first-order valence-corrected chi connectivity index (χ1v) is 6.47. The van der Waals surface area contributed by atoms with Crippen LogP contribution in [0.5, 0.6) is 5.75 Å². The van der Waals surface area contributed by atoms with E-state index in [1.54, 1.807) is 12.1 Å². The lowest BCUT2D eigenvalue weighted by Gasteiger charge is -2.05. The summed E-state index contributed by atoms with van der Waals surface area (Å²) in [7, 11) is 1.44. The van der Waals surface area contributed by atoms with Gasteiger partial charge in [0.2, 0.25) is 0 Å². The van der Waals surface area contributed by atoms with Crippen LogP contribution in [0.2, 0.25) is 0 Å². The van der Waals surface area contributed by atoms with Crippen LogP contribution in [0, 0.1) is 10.1 Å². The third-order valence-corrected chi connectivity index (χ3v) is 3.05. The number of nitrogens with zero attached hydrogens (tertiary/aromatic N) is 2. The van der Waals surface area contributed by atoms with E-state index in [-0.39, 0.29) is 11.4 Å². The lowest BCUT2D eigenvalue weighted by Crippen LogP contribution is -2.32. The van der Waals surface area contributed by atoms with E-state index in [0.29, 0.717) is 0 Å². The summed E-state index contributed by atoms with van der Waals surface area (Å²) in [4.78, 5) is 10.4. The van der Waals surface area contributed by atoms with Gasteiger partial charge < -0.3 is 4.74 Å². The molecule has 5 nitrogen and oxygen atoms in total. The first-order chi connectivity index (χ1) is 9.65. The fourth-order valence-corrected chi connectivity index (χ4v) is 2.10. The summed E-state index contributed by atoms with van der Waals surface area (Å²) in [5, 5.41) is 10.9. The second-order valence-electron chi connectivity index (χ2n) is 4.47. The van der Waals surface area contributed by atoms with Gasteiger partial charge in [-0.05, 0) is 23.8 Å². The SMILES string of the molecule is CCC[n+]1cccc(-c2ccc([N+](=O)[O-])c(OC)c2)c1. The van der Waals surface area contributed by atoms with Gasteiger partial charge in [-0.2, -0.15) is 0 Å². The standard InChI is InChI=1S/C15H17N2O3/c1-3-8-16-9-4-5-13(11-16)12-6-7-14(17(18)19)15(10-12)20-2/h4-7,9-11H,3,8H2,1-2H3/q+1. The Morgan fingerprint density at radius 3 is 2.75 bits per heavy atom. The number of rotatable bonds is 5. The van der Waals surface area contributed by atoms with Gasteiger partial charge in [0.1, 0.15) is 6.54 Å². The van der Waals surface area contributed by atoms with Crippen molar-refractivity contribution in [3.63, 3.8) is 0 Å². The Balaban J connectivity index is 2.42. The van der Waals surface area contributed by atoms with E-state index in [2.05, 4.69) is 11.5 Å². The summed E-state index contributed by atoms with van der Waals surface area (Å²) in [6, 6.07) is 8.87. The lowest BCUT2D eigenvalue weighted by molar-refractivity contribution is -0.696. The van der Waals surface area contributed by atoms with Crippen LogP contribution in [0.1, 0.15) is 13.3 Å². The van der Waals surface area contributed by atoms with E-state index in [0.717, 1.165) is 24.1 Å². The molecule has 1 heterocycles. The molecule has 0 saturated carbocycles. The zero-order chi connectivity index (χ0) is 14.5. The van der Waals surface area contributed by atoms with Gasteiger partial charge in [-0.15, -0.1) is 0 Å². The maximum atomic E-state index is 10.9. The zero-order valence-corrected chi connectivity index (χ0v) is 11.6. The minimum atomic E-state index is -0.440. The van der Waals surface area contributed by atoms with Gasteiger partial charge in [-0.1, -0.05) is 6.92 Å². The lowest BCUT2D eigenvalue weighted by atomic mass is 10.1. The quantitative estimate of drug-likeness (QED) is 0.478. The highest BCUT2D eigenvalue weighted by Crippen LogP contribution is 2.31. The molecule has 20 heavy (non-hydrogen) atoms. The van der Waals surface area contributed by atoms with Gasteiger partial charge >= 0.3 is 5.69 Å². The summed E-state index contributed by atoms with van der Waals surface area (Å²) in [6.45, 7) is 3.06. The molecule has 0 atom stereocenters. The molecule has 0 spiro atoms. The normalized spacial score (nSPS) is 10.3. The summed E-state index contributed by atoms with van der Waals surface area (Å²) in [5.41, 5.74) is 1.89. The van der Waals surface area contributed by atoms with Gasteiger partial charge in [0.05, 0.1) is 12.0 Å². The van der Waals surface area contributed by atoms with Crippen molar-refractivity contribution in [1.82, 2.24) is 0 Å². The number of nitro groups is 1. The molecule has 0 fully saturated rings. The maximum absolute atomic E-state index is 10.9. The van der Waals surface area contributed by atoms with Gasteiger partial charge in [-0.3, -0.25) is 10.1 Å². The molecular formula is C15H17N2O3+. The molecule has 0 saturated heterocycles. The van der Waals surface area contributed by atoms with Crippen molar-refractivity contribution in [2.24, 2.45) is 0 Å². The first-order valence-electron chi connectivity index (χ1n) is 6.47. The molecule has 2 aromatic rings. The molecule has 0 N–H and O–H groups in total. The Morgan fingerprint density at radius 2 is 2.10 bits per heavy atom. The van der Waals surface area contributed by atoms with Crippen LogP contribution < -0.4 is 9.30 Å². The summed E-state index contributed by atoms with van der Waals surface area (Å²) >= 11 is 0. The second kappa shape index (κ2) is 6.14. The number of ether oxygens (including phenoxy) is 1. The molecule has 0 radical (unpaired) electrons. The number of hydrogen-bond acceptors (Lipinski definition) is 3. The van der Waals surface area contributed by atoms with Crippen LogP contribution in [0.4, 0.5) is 5.69 Å². The van der Waals surface area contributed by atoms with Crippen LogP contribution in [-0.4, -0.2) is 12.0 Å². The third kappa shape index (κ3) is 2.93. The predicted molar refractivity (Wildman–Crippen MR) is 75.6 cm³/mol. The average Bonchev–Trinajstić information content (AvgIpc) is 2.47. The average molecular weight is 273 g/mol. The molecule has 5 heteroatoms. The van der Waals surface area contributed by atoms with E-state index in [4.69, 9.17) is 4.74 Å². The van der Waals surface area contributed by atoms with Crippen molar-refractivity contribution < 1.29 is 14.2 Å². The van der Waals surface area contributed by atoms with Crippen LogP contribution in [0.25, 0.3) is 11.1 Å². The van der Waals surface area contributed by atoms with E-state index in [9.17, 15) is 10.1 Å². The Kier molecular flexibility index (Phi) is 4.30. The predicted octanol–water partition coefficient (Wildman–Crippen LogP) is 2.97. The maximum Gasteiger partial charge on any atom is 0.310 e. The molecule has 104 valence electrons. The van der Waals surface area contributed by atoms with Crippen molar-refractivity contribution in [1.29, 1.82) is 0 Å². The van der Waals surface area contributed by atoms with Crippen LogP contribution >= 0.6 is 0 Å². The molecule has 0 aliphatic carbocycles. The summed E-state index contributed by atoms with van der Waals surface area (Å²) in [6.07, 6.45) is 5.09. The molecule has 0 aliphatic rings. The van der Waals surface area contributed by atoms with Crippen molar-refractivity contribution in [3.8, 4) is 16.9 Å². The summed E-state index contributed by atoms with van der Waals surface area (Å²) < 4.78 is 7.20. The minimum Gasteiger partial charge on any atom is -0.490 e. The highest BCUT2D eigenvalue weighted by atomic mass is 16.6. The number of benzene rings is 1. The van der Waals surface area contributed by atoms with Gasteiger partial charge in [0.15, 0.2) is 18.1 Å². The third-order valence-electron chi connectivity index (χ3n) is 3.05. The zero-order valence-electron chi connectivity index (χ0n) is 11.6. The Hall–Kier alpha value is -2.43. The molecule has 0 aliphatic heterocycles. The number of hydrogen-bond donors (Lipinski definition) is 0. The number of aromatic nitrogens is 1. The minimum absolute atomic E-state index is 0.0198. The monoisotopic (exact) mass is 273 g/mol. The Bertz CT molecular complexity index is 626. The second-order valence-corrected chi connectivity index (χ2v) is 4.47. The largest absolute Gasteiger partial charge is 0.490 e. The van der Waals surface area contributed by atoms with Crippen molar-refractivity contribution >= 4 is 5.69 Å². The molecule has 0 unspecified atom stereocenters. The molecule has 0 amide bonds. The van der Waals surface area contributed by atoms with E-state index in [1.165, 1.54) is 13.2 Å². The Labute approximate surface area is 117 Å². The van der Waals surface area contributed by atoms with E-state index < -0.39 is 4.92 Å². The van der Waals surface area contributed by atoms with Crippen molar-refractivity contribution in [2.75, 3.05) is 7.11 Å². The van der Waals surface area contributed by atoms with Crippen LogP contribution in [-0.2, 0) is 6.54 Å².